The SMILES string of the molecule is CN(C(=O)c1ccc2scnc2c1)[C@H]1CNCc2[nH]c(=O)c3cc(F)c(F)cc3c21. The Bertz CT molecular complexity index is 1380. The molecule has 30 heavy (non-hydrogen) atoms. The Hall–Kier alpha value is -3.17. The summed E-state index contributed by atoms with van der Waals surface area (Å²) in [5, 5.41) is 3.55. The van der Waals surface area contributed by atoms with E-state index in [4.69, 9.17) is 0 Å². The van der Waals surface area contributed by atoms with Gasteiger partial charge in [0.05, 0.1) is 27.2 Å². The average Bonchev–Trinajstić information content (AvgIpc) is 3.21. The highest BCUT2D eigenvalue weighted by molar-refractivity contribution is 7.16. The summed E-state index contributed by atoms with van der Waals surface area (Å²) in [4.78, 5) is 34.2. The fraction of sp³-hybridized carbons (Fsp3) is 0.190. The van der Waals surface area contributed by atoms with E-state index in [1.54, 1.807) is 29.6 Å². The molecule has 0 saturated heterocycles. The van der Waals surface area contributed by atoms with Crippen molar-refractivity contribution in [2.45, 2.75) is 12.6 Å². The molecule has 6 nitrogen and oxygen atoms in total. The minimum atomic E-state index is -1.08. The predicted octanol–water partition coefficient (Wildman–Crippen LogP) is 3.33. The van der Waals surface area contributed by atoms with Crippen molar-refractivity contribution in [2.75, 3.05) is 13.6 Å². The highest BCUT2D eigenvalue weighted by atomic mass is 32.1. The Labute approximate surface area is 173 Å². The molecule has 0 unspecified atom stereocenters. The number of halogens is 2. The number of aromatic nitrogens is 2. The van der Waals surface area contributed by atoms with E-state index in [0.29, 0.717) is 35.3 Å². The van der Waals surface area contributed by atoms with Gasteiger partial charge in [-0.3, -0.25) is 9.59 Å². The number of nitrogens with zero attached hydrogens (tertiary/aromatic N) is 2. The minimum absolute atomic E-state index is 0.0595. The van der Waals surface area contributed by atoms with Gasteiger partial charge in [-0.1, -0.05) is 0 Å². The van der Waals surface area contributed by atoms with Crippen LogP contribution in [0.25, 0.3) is 21.0 Å². The third-order valence-electron chi connectivity index (χ3n) is 5.52. The zero-order valence-electron chi connectivity index (χ0n) is 15.8. The first-order valence-electron chi connectivity index (χ1n) is 9.29. The quantitative estimate of drug-likeness (QED) is 0.516. The first-order valence-corrected chi connectivity index (χ1v) is 10.2. The zero-order valence-corrected chi connectivity index (χ0v) is 16.6. The molecule has 9 heteroatoms. The summed E-state index contributed by atoms with van der Waals surface area (Å²) in [6.07, 6.45) is 0. The van der Waals surface area contributed by atoms with Crippen LogP contribution < -0.4 is 10.9 Å². The maximum atomic E-state index is 14.0. The third-order valence-corrected chi connectivity index (χ3v) is 6.33. The second kappa shape index (κ2) is 6.96. The van der Waals surface area contributed by atoms with E-state index in [2.05, 4.69) is 15.3 Å². The molecule has 0 spiro atoms. The van der Waals surface area contributed by atoms with Gasteiger partial charge in [-0.05, 0) is 35.7 Å². The molecule has 2 N–H and O–H groups in total. The summed E-state index contributed by atoms with van der Waals surface area (Å²) in [7, 11) is 1.66. The van der Waals surface area contributed by atoms with Crippen LogP contribution in [0.2, 0.25) is 0 Å². The van der Waals surface area contributed by atoms with Crippen LogP contribution in [0, 0.1) is 11.6 Å². The smallest absolute Gasteiger partial charge is 0.256 e. The first-order chi connectivity index (χ1) is 14.4. The summed E-state index contributed by atoms with van der Waals surface area (Å²) in [5.41, 5.74) is 3.63. The molecule has 1 amide bonds. The molecule has 152 valence electrons. The molecule has 0 saturated carbocycles. The molecule has 0 aliphatic carbocycles. The van der Waals surface area contributed by atoms with Gasteiger partial charge in [0.15, 0.2) is 11.6 Å². The van der Waals surface area contributed by atoms with Gasteiger partial charge in [0.2, 0.25) is 0 Å². The number of thiazole rings is 1. The highest BCUT2D eigenvalue weighted by Gasteiger charge is 2.30. The van der Waals surface area contributed by atoms with Crippen molar-refractivity contribution in [1.82, 2.24) is 20.2 Å². The number of pyridine rings is 1. The zero-order chi connectivity index (χ0) is 21.0. The van der Waals surface area contributed by atoms with Crippen molar-refractivity contribution in [3.05, 3.63) is 74.7 Å². The van der Waals surface area contributed by atoms with Crippen LogP contribution in [0.3, 0.4) is 0 Å². The van der Waals surface area contributed by atoms with Crippen LogP contribution >= 0.6 is 11.3 Å². The second-order valence-electron chi connectivity index (χ2n) is 7.26. The Balaban J connectivity index is 1.62. The van der Waals surface area contributed by atoms with Crippen LogP contribution in [0.1, 0.15) is 27.7 Å². The van der Waals surface area contributed by atoms with Gasteiger partial charge >= 0.3 is 0 Å². The summed E-state index contributed by atoms with van der Waals surface area (Å²) < 4.78 is 28.8. The summed E-state index contributed by atoms with van der Waals surface area (Å²) in [5.74, 6) is -2.35. The molecule has 3 heterocycles. The van der Waals surface area contributed by atoms with E-state index in [9.17, 15) is 18.4 Å². The van der Waals surface area contributed by atoms with E-state index >= 15 is 0 Å². The van der Waals surface area contributed by atoms with Crippen LogP contribution in [0.5, 0.6) is 0 Å². The number of rotatable bonds is 2. The molecule has 1 atom stereocenters. The van der Waals surface area contributed by atoms with Crippen molar-refractivity contribution in [1.29, 1.82) is 0 Å². The number of benzene rings is 2. The number of fused-ring (bicyclic) bond motifs is 4. The van der Waals surface area contributed by atoms with E-state index in [-0.39, 0.29) is 11.3 Å². The largest absolute Gasteiger partial charge is 0.333 e. The number of nitrogens with one attached hydrogen (secondary N) is 2. The number of carbonyl (C=O) groups is 1. The van der Waals surface area contributed by atoms with Crippen molar-refractivity contribution >= 4 is 38.2 Å². The second-order valence-corrected chi connectivity index (χ2v) is 8.14. The third kappa shape index (κ3) is 2.89. The molecule has 4 aromatic rings. The van der Waals surface area contributed by atoms with Gasteiger partial charge in [-0.25, -0.2) is 13.8 Å². The van der Waals surface area contributed by atoms with Crippen molar-refractivity contribution in [3.63, 3.8) is 0 Å². The summed E-state index contributed by atoms with van der Waals surface area (Å²) in [6, 6.07) is 6.80. The lowest BCUT2D eigenvalue weighted by molar-refractivity contribution is 0.0723. The number of aromatic amines is 1. The fourth-order valence-electron chi connectivity index (χ4n) is 4.01. The van der Waals surface area contributed by atoms with Crippen molar-refractivity contribution in [2.24, 2.45) is 0 Å². The summed E-state index contributed by atoms with van der Waals surface area (Å²) in [6.45, 7) is 0.775. The van der Waals surface area contributed by atoms with Gasteiger partial charge in [-0.15, -0.1) is 11.3 Å². The van der Waals surface area contributed by atoms with Crippen LogP contribution in [-0.4, -0.2) is 34.4 Å². The standard InChI is InChI=1S/C21H16F2N4O2S/c1-27(21(29)10-2-3-18-15(4-10)25-9-30-18)17-8-24-7-16-19(17)11-5-13(22)14(23)6-12(11)20(28)26-16/h2-6,9,17,24H,7-8H2,1H3,(H,26,28)/t17-/m0/s1. The highest BCUT2D eigenvalue weighted by Crippen LogP contribution is 2.33. The number of hydrogen-bond acceptors (Lipinski definition) is 5. The average molecular weight is 426 g/mol. The fourth-order valence-corrected chi connectivity index (χ4v) is 4.67. The molecule has 1 aliphatic rings. The maximum absolute atomic E-state index is 14.0. The molecule has 2 aromatic carbocycles. The van der Waals surface area contributed by atoms with Gasteiger partial charge < -0.3 is 15.2 Å². The van der Waals surface area contributed by atoms with Crippen LogP contribution in [0.15, 0.2) is 40.6 Å². The molecule has 5 rings (SSSR count). The van der Waals surface area contributed by atoms with Gasteiger partial charge in [-0.2, -0.15) is 0 Å². The Kier molecular flexibility index (Phi) is 4.37. The minimum Gasteiger partial charge on any atom is -0.333 e. The maximum Gasteiger partial charge on any atom is 0.256 e. The number of hydrogen-bond donors (Lipinski definition) is 2. The molecule has 2 aromatic heterocycles. The monoisotopic (exact) mass is 426 g/mol. The molecule has 0 radical (unpaired) electrons. The van der Waals surface area contributed by atoms with Crippen molar-refractivity contribution in [3.8, 4) is 0 Å². The number of H-pyrrole nitrogens is 1. The normalized spacial score (nSPS) is 16.0. The lowest BCUT2D eigenvalue weighted by Crippen LogP contribution is -2.42. The van der Waals surface area contributed by atoms with Gasteiger partial charge in [0.1, 0.15) is 0 Å². The van der Waals surface area contributed by atoms with E-state index in [0.717, 1.165) is 22.3 Å². The topological polar surface area (TPSA) is 78.1 Å². The Morgan fingerprint density at radius 2 is 1.97 bits per heavy atom. The van der Waals surface area contributed by atoms with E-state index in [1.165, 1.54) is 11.3 Å². The predicted molar refractivity (Wildman–Crippen MR) is 111 cm³/mol. The van der Waals surface area contributed by atoms with E-state index < -0.39 is 23.2 Å². The van der Waals surface area contributed by atoms with Gasteiger partial charge in [0, 0.05) is 37.0 Å². The van der Waals surface area contributed by atoms with Crippen LogP contribution in [0.4, 0.5) is 8.78 Å². The molecule has 1 aliphatic heterocycles. The van der Waals surface area contributed by atoms with E-state index in [1.807, 2.05) is 6.07 Å². The Morgan fingerprint density at radius 3 is 2.77 bits per heavy atom. The number of amides is 1. The lowest BCUT2D eigenvalue weighted by atomic mass is 9.93. The Morgan fingerprint density at radius 1 is 1.20 bits per heavy atom. The molecular weight excluding hydrogens is 410 g/mol. The molecule has 0 fully saturated rings. The lowest BCUT2D eigenvalue weighted by Gasteiger charge is -2.34. The number of likely N-dealkylation sites (N-methyl/N-ethyl adjacent to an activating group) is 1. The molecule has 0 bridgehead atoms. The summed E-state index contributed by atoms with van der Waals surface area (Å²) >= 11 is 1.49. The number of carbonyl (C=O) groups excluding carboxylic acids is 1. The first kappa shape index (κ1) is 18.8. The van der Waals surface area contributed by atoms with Crippen molar-refractivity contribution < 1.29 is 13.6 Å². The van der Waals surface area contributed by atoms with Crippen LogP contribution in [-0.2, 0) is 6.54 Å². The molecular formula is C21H16F2N4O2S. The van der Waals surface area contributed by atoms with Gasteiger partial charge in [0.25, 0.3) is 11.5 Å².